The second kappa shape index (κ2) is 5.41. The van der Waals surface area contributed by atoms with Crippen LogP contribution in [0.3, 0.4) is 0 Å². The van der Waals surface area contributed by atoms with Gasteiger partial charge in [-0.25, -0.2) is 9.98 Å². The molecule has 0 unspecified atom stereocenters. The number of nitrogens with zero attached hydrogens (tertiary/aromatic N) is 2. The zero-order valence-electron chi connectivity index (χ0n) is 6.75. The SMILES string of the molecule is C=C/C(=C\CC)N=C(N)N=C. The summed E-state index contributed by atoms with van der Waals surface area (Å²) in [5, 5.41) is 0. The van der Waals surface area contributed by atoms with E-state index in [9.17, 15) is 0 Å². The van der Waals surface area contributed by atoms with Crippen LogP contribution in [-0.4, -0.2) is 12.7 Å². The number of hydrogen-bond donors (Lipinski definition) is 1. The first-order valence-electron chi connectivity index (χ1n) is 3.38. The first-order valence-corrected chi connectivity index (χ1v) is 3.38. The highest BCUT2D eigenvalue weighted by molar-refractivity contribution is 5.83. The van der Waals surface area contributed by atoms with Crippen molar-refractivity contribution in [2.24, 2.45) is 15.7 Å². The summed E-state index contributed by atoms with van der Waals surface area (Å²) in [6.45, 7) is 8.83. The van der Waals surface area contributed by atoms with Gasteiger partial charge in [0.1, 0.15) is 0 Å². The van der Waals surface area contributed by atoms with Gasteiger partial charge in [-0.15, -0.1) is 0 Å². The molecule has 0 aliphatic carbocycles. The summed E-state index contributed by atoms with van der Waals surface area (Å²) in [4.78, 5) is 7.36. The van der Waals surface area contributed by atoms with E-state index >= 15 is 0 Å². The number of aliphatic imine (C=N–C) groups is 2. The maximum atomic E-state index is 5.31. The first kappa shape index (κ1) is 9.62. The van der Waals surface area contributed by atoms with Crippen LogP contribution in [0.4, 0.5) is 0 Å². The van der Waals surface area contributed by atoms with Gasteiger partial charge in [-0.2, -0.15) is 0 Å². The molecule has 3 nitrogen and oxygen atoms in total. The second-order valence-corrected chi connectivity index (χ2v) is 1.87. The fourth-order valence-electron chi connectivity index (χ4n) is 0.551. The Morgan fingerprint density at radius 2 is 2.27 bits per heavy atom. The highest BCUT2D eigenvalue weighted by atomic mass is 15.0. The maximum Gasteiger partial charge on any atom is 0.219 e. The standard InChI is InChI=1S/C8H13N3/c1-4-6-7(5-2)11-8(9)10-3/h5-6H,2-4H2,1H3,(H2,9,11)/b7-6+. The molecule has 0 aliphatic heterocycles. The molecule has 2 N–H and O–H groups in total. The molecule has 0 aromatic heterocycles. The van der Waals surface area contributed by atoms with Crippen LogP contribution >= 0.6 is 0 Å². The van der Waals surface area contributed by atoms with Crippen LogP contribution in [-0.2, 0) is 0 Å². The van der Waals surface area contributed by atoms with E-state index in [1.54, 1.807) is 6.08 Å². The van der Waals surface area contributed by atoms with Crippen molar-refractivity contribution in [1.29, 1.82) is 0 Å². The van der Waals surface area contributed by atoms with Crippen LogP contribution in [0.5, 0.6) is 0 Å². The highest BCUT2D eigenvalue weighted by Gasteiger charge is 1.87. The maximum absolute atomic E-state index is 5.31. The number of rotatable bonds is 3. The third kappa shape index (κ3) is 4.08. The van der Waals surface area contributed by atoms with Gasteiger partial charge >= 0.3 is 0 Å². The zero-order valence-corrected chi connectivity index (χ0v) is 6.75. The van der Waals surface area contributed by atoms with Crippen molar-refractivity contribution in [3.63, 3.8) is 0 Å². The Hall–Kier alpha value is -1.38. The lowest BCUT2D eigenvalue weighted by Gasteiger charge is -1.92. The highest BCUT2D eigenvalue weighted by Crippen LogP contribution is 1.99. The van der Waals surface area contributed by atoms with E-state index in [0.717, 1.165) is 12.1 Å². The molecule has 0 saturated heterocycles. The largest absolute Gasteiger partial charge is 0.368 e. The lowest BCUT2D eigenvalue weighted by Crippen LogP contribution is -2.06. The predicted octanol–water partition coefficient (Wildman–Crippen LogP) is 1.48. The second-order valence-electron chi connectivity index (χ2n) is 1.87. The van der Waals surface area contributed by atoms with Crippen LogP contribution in [0.2, 0.25) is 0 Å². The minimum Gasteiger partial charge on any atom is -0.368 e. The molecule has 0 atom stereocenters. The molecule has 0 spiro atoms. The van der Waals surface area contributed by atoms with Crippen LogP contribution in [0.25, 0.3) is 0 Å². The topological polar surface area (TPSA) is 50.7 Å². The van der Waals surface area contributed by atoms with Crippen molar-refractivity contribution in [3.8, 4) is 0 Å². The summed E-state index contributed by atoms with van der Waals surface area (Å²) in [5.74, 6) is 0.171. The molecule has 0 aromatic carbocycles. The van der Waals surface area contributed by atoms with Gasteiger partial charge in [0.05, 0.1) is 5.70 Å². The third-order valence-electron chi connectivity index (χ3n) is 1.03. The fraction of sp³-hybridized carbons (Fsp3) is 0.250. The molecule has 0 rings (SSSR count). The molecule has 0 aliphatic rings. The van der Waals surface area contributed by atoms with Crippen LogP contribution in [0, 0.1) is 0 Å². The summed E-state index contributed by atoms with van der Waals surface area (Å²) in [7, 11) is 0. The summed E-state index contributed by atoms with van der Waals surface area (Å²) in [6, 6.07) is 0. The lowest BCUT2D eigenvalue weighted by atomic mass is 10.3. The van der Waals surface area contributed by atoms with Crippen LogP contribution in [0.15, 0.2) is 34.4 Å². The Bertz CT molecular complexity index is 201. The van der Waals surface area contributed by atoms with Gasteiger partial charge in [-0.05, 0) is 19.2 Å². The summed E-state index contributed by atoms with van der Waals surface area (Å²) < 4.78 is 0. The quantitative estimate of drug-likeness (QED) is 0.371. The van der Waals surface area contributed by atoms with Crippen molar-refractivity contribution in [2.75, 3.05) is 0 Å². The Kier molecular flexibility index (Phi) is 4.73. The average Bonchev–Trinajstić information content (AvgIpc) is 2.03. The fourth-order valence-corrected chi connectivity index (χ4v) is 0.551. The minimum absolute atomic E-state index is 0.171. The van der Waals surface area contributed by atoms with Crippen molar-refractivity contribution in [2.45, 2.75) is 13.3 Å². The molecule has 11 heavy (non-hydrogen) atoms. The molecular formula is C8H13N3. The minimum atomic E-state index is 0.171. The van der Waals surface area contributed by atoms with Crippen LogP contribution < -0.4 is 5.73 Å². The van der Waals surface area contributed by atoms with E-state index in [4.69, 9.17) is 5.73 Å². The molecule has 0 fully saturated rings. The normalized spacial score (nSPS) is 12.8. The van der Waals surface area contributed by atoms with Crippen LogP contribution in [0.1, 0.15) is 13.3 Å². The van der Waals surface area contributed by atoms with Crippen molar-refractivity contribution >= 4 is 12.7 Å². The molecule has 0 radical (unpaired) electrons. The Morgan fingerprint density at radius 1 is 1.64 bits per heavy atom. The van der Waals surface area contributed by atoms with Gasteiger partial charge < -0.3 is 5.73 Å². The van der Waals surface area contributed by atoms with Crippen molar-refractivity contribution < 1.29 is 0 Å². The molecule has 0 saturated carbocycles. The predicted molar refractivity (Wildman–Crippen MR) is 49.7 cm³/mol. The van der Waals surface area contributed by atoms with E-state index in [0.29, 0.717) is 0 Å². The smallest absolute Gasteiger partial charge is 0.219 e. The van der Waals surface area contributed by atoms with Gasteiger partial charge in [0.15, 0.2) is 0 Å². The number of allylic oxidation sites excluding steroid dienone is 2. The molecule has 0 amide bonds. The van der Waals surface area contributed by atoms with E-state index < -0.39 is 0 Å². The molecule has 3 heteroatoms. The molecular weight excluding hydrogens is 138 g/mol. The molecule has 0 heterocycles. The van der Waals surface area contributed by atoms with Gasteiger partial charge in [-0.3, -0.25) is 0 Å². The van der Waals surface area contributed by atoms with Gasteiger partial charge in [0.2, 0.25) is 5.96 Å². The lowest BCUT2D eigenvalue weighted by molar-refractivity contribution is 1.18. The summed E-state index contributed by atoms with van der Waals surface area (Å²) in [6.07, 6.45) is 4.43. The third-order valence-corrected chi connectivity index (χ3v) is 1.03. The van der Waals surface area contributed by atoms with Gasteiger partial charge in [0, 0.05) is 0 Å². The molecule has 0 aromatic rings. The zero-order chi connectivity index (χ0) is 8.69. The Morgan fingerprint density at radius 3 is 2.64 bits per heavy atom. The number of nitrogens with two attached hydrogens (primary N) is 1. The van der Waals surface area contributed by atoms with Gasteiger partial charge in [-0.1, -0.05) is 19.6 Å². The van der Waals surface area contributed by atoms with E-state index in [1.807, 2.05) is 13.0 Å². The Balaban J connectivity index is 4.41. The van der Waals surface area contributed by atoms with E-state index in [2.05, 4.69) is 23.3 Å². The van der Waals surface area contributed by atoms with E-state index in [1.165, 1.54) is 0 Å². The number of hydrogen-bond acceptors (Lipinski definition) is 1. The van der Waals surface area contributed by atoms with Crippen molar-refractivity contribution in [3.05, 3.63) is 24.4 Å². The molecule has 0 bridgehead atoms. The summed E-state index contributed by atoms with van der Waals surface area (Å²) >= 11 is 0. The molecule has 60 valence electrons. The van der Waals surface area contributed by atoms with E-state index in [-0.39, 0.29) is 5.96 Å². The summed E-state index contributed by atoms with van der Waals surface area (Å²) in [5.41, 5.74) is 6.05. The average molecular weight is 151 g/mol. The van der Waals surface area contributed by atoms with Gasteiger partial charge in [0.25, 0.3) is 0 Å². The van der Waals surface area contributed by atoms with Crippen molar-refractivity contribution in [1.82, 2.24) is 0 Å². The Labute approximate surface area is 67.0 Å². The number of guanidine groups is 1. The monoisotopic (exact) mass is 151 g/mol. The first-order chi connectivity index (χ1) is 5.24.